The Morgan fingerprint density at radius 2 is 2.09 bits per heavy atom. The number of thiazole rings is 1. The van der Waals surface area contributed by atoms with E-state index in [1.807, 2.05) is 25.2 Å². The minimum absolute atomic E-state index is 0.247. The van der Waals surface area contributed by atoms with Gasteiger partial charge in [0.1, 0.15) is 10.8 Å². The van der Waals surface area contributed by atoms with E-state index in [0.29, 0.717) is 12.8 Å². The fourth-order valence-corrected chi connectivity index (χ4v) is 3.47. The molecule has 0 aliphatic carbocycles. The summed E-state index contributed by atoms with van der Waals surface area (Å²) in [5.74, 6) is 0.247. The molecule has 3 aromatic rings. The molecule has 0 unspecified atom stereocenters. The second-order valence-electron chi connectivity index (χ2n) is 5.09. The van der Waals surface area contributed by atoms with Crippen molar-refractivity contribution in [3.63, 3.8) is 0 Å². The topological polar surface area (TPSA) is 45.2 Å². The number of halogens is 1. The molecule has 0 aliphatic heterocycles. The van der Waals surface area contributed by atoms with Crippen molar-refractivity contribution in [3.05, 3.63) is 42.0 Å². The molecule has 0 spiro atoms. The van der Waals surface area contributed by atoms with E-state index < -0.39 is 0 Å². The van der Waals surface area contributed by atoms with Gasteiger partial charge in [0.05, 0.1) is 16.9 Å². The van der Waals surface area contributed by atoms with Crippen molar-refractivity contribution in [2.45, 2.75) is 12.8 Å². The van der Waals surface area contributed by atoms with Crippen LogP contribution in [0.15, 0.2) is 36.4 Å². The van der Waals surface area contributed by atoms with E-state index in [4.69, 9.17) is 0 Å². The van der Waals surface area contributed by atoms with Gasteiger partial charge < -0.3 is 10.4 Å². The number of nitrogens with zero attached hydrogens (tertiary/aromatic N) is 1. The van der Waals surface area contributed by atoms with Gasteiger partial charge in [0.25, 0.3) is 0 Å². The lowest BCUT2D eigenvalue weighted by Gasteiger charge is -2.10. The number of aryl methyl sites for hydroxylation is 1. The Kier molecular flexibility index (Phi) is 4.24. The SMILES string of the molecule is CNc1ccc(-c2nc3ccc(O)cc3s2)cc1CCCF. The smallest absolute Gasteiger partial charge is 0.124 e. The van der Waals surface area contributed by atoms with Crippen LogP contribution in [0.2, 0.25) is 0 Å². The summed E-state index contributed by atoms with van der Waals surface area (Å²) >= 11 is 1.54. The van der Waals surface area contributed by atoms with E-state index in [9.17, 15) is 9.50 Å². The molecular formula is C17H17FN2OS. The highest BCUT2D eigenvalue weighted by atomic mass is 32.1. The monoisotopic (exact) mass is 316 g/mol. The Labute approximate surface area is 132 Å². The predicted octanol–water partition coefficient (Wildman–Crippen LogP) is 4.61. The molecule has 3 rings (SSSR count). The maximum Gasteiger partial charge on any atom is 0.124 e. The number of benzene rings is 2. The van der Waals surface area contributed by atoms with Crippen LogP contribution in [0.5, 0.6) is 5.75 Å². The van der Waals surface area contributed by atoms with Crippen molar-refractivity contribution in [1.82, 2.24) is 4.98 Å². The van der Waals surface area contributed by atoms with Crippen molar-refractivity contribution in [2.24, 2.45) is 0 Å². The zero-order valence-electron chi connectivity index (χ0n) is 12.3. The van der Waals surface area contributed by atoms with Crippen LogP contribution in [0.1, 0.15) is 12.0 Å². The van der Waals surface area contributed by atoms with Crippen LogP contribution < -0.4 is 5.32 Å². The molecule has 1 aromatic heterocycles. The van der Waals surface area contributed by atoms with E-state index >= 15 is 0 Å². The Hall–Kier alpha value is -2.14. The van der Waals surface area contributed by atoms with E-state index in [2.05, 4.69) is 16.4 Å². The maximum atomic E-state index is 12.5. The summed E-state index contributed by atoms with van der Waals surface area (Å²) in [6.45, 7) is -0.312. The molecule has 0 saturated carbocycles. The van der Waals surface area contributed by atoms with Crippen molar-refractivity contribution < 1.29 is 9.50 Å². The highest BCUT2D eigenvalue weighted by Crippen LogP contribution is 2.33. The Bertz CT molecular complexity index is 800. The van der Waals surface area contributed by atoms with Crippen LogP contribution in [0.25, 0.3) is 20.8 Å². The molecule has 0 bridgehead atoms. The molecular weight excluding hydrogens is 299 g/mol. The minimum Gasteiger partial charge on any atom is -0.508 e. The third kappa shape index (κ3) is 2.90. The second kappa shape index (κ2) is 6.32. The molecule has 114 valence electrons. The van der Waals surface area contributed by atoms with Crippen molar-refractivity contribution in [1.29, 1.82) is 0 Å². The number of phenols is 1. The molecule has 0 saturated heterocycles. The van der Waals surface area contributed by atoms with Gasteiger partial charge in [-0.1, -0.05) is 0 Å². The average molecular weight is 316 g/mol. The summed E-state index contributed by atoms with van der Waals surface area (Å²) in [6.07, 6.45) is 1.22. The van der Waals surface area contributed by atoms with Gasteiger partial charge in [0, 0.05) is 18.3 Å². The first-order valence-electron chi connectivity index (χ1n) is 7.18. The number of hydrogen-bond acceptors (Lipinski definition) is 4. The number of nitrogens with one attached hydrogen (secondary N) is 1. The minimum atomic E-state index is -0.312. The summed E-state index contributed by atoms with van der Waals surface area (Å²) in [5, 5.41) is 13.6. The van der Waals surface area contributed by atoms with Gasteiger partial charge in [-0.3, -0.25) is 4.39 Å². The molecule has 0 amide bonds. The van der Waals surface area contributed by atoms with Crippen molar-refractivity contribution >= 4 is 27.2 Å². The molecule has 0 radical (unpaired) electrons. The Morgan fingerprint density at radius 3 is 2.86 bits per heavy atom. The van der Waals surface area contributed by atoms with Gasteiger partial charge in [-0.25, -0.2) is 4.98 Å². The first kappa shape index (κ1) is 14.8. The van der Waals surface area contributed by atoms with Gasteiger partial charge in [-0.05, 0) is 54.8 Å². The first-order valence-corrected chi connectivity index (χ1v) is 7.99. The first-order chi connectivity index (χ1) is 10.7. The van der Waals surface area contributed by atoms with Gasteiger partial charge in [-0.15, -0.1) is 11.3 Å². The average Bonchev–Trinajstić information content (AvgIpc) is 2.95. The number of alkyl halides is 1. The Balaban J connectivity index is 2.01. The quantitative estimate of drug-likeness (QED) is 0.722. The zero-order valence-corrected chi connectivity index (χ0v) is 13.1. The van der Waals surface area contributed by atoms with E-state index in [1.165, 1.54) is 0 Å². The fourth-order valence-electron chi connectivity index (χ4n) is 2.47. The summed E-state index contributed by atoms with van der Waals surface area (Å²) in [5.41, 5.74) is 4.02. The maximum absolute atomic E-state index is 12.5. The normalized spacial score (nSPS) is 11.0. The van der Waals surface area contributed by atoms with Crippen LogP contribution in [0.4, 0.5) is 10.1 Å². The number of anilines is 1. The number of rotatable bonds is 5. The van der Waals surface area contributed by atoms with Crippen molar-refractivity contribution in [3.8, 4) is 16.3 Å². The van der Waals surface area contributed by atoms with Crippen LogP contribution in [-0.2, 0) is 6.42 Å². The Morgan fingerprint density at radius 1 is 1.23 bits per heavy atom. The number of phenolic OH excluding ortho intramolecular Hbond substituents is 1. The molecule has 1 heterocycles. The van der Waals surface area contributed by atoms with Gasteiger partial charge in [0.15, 0.2) is 0 Å². The molecule has 5 heteroatoms. The summed E-state index contributed by atoms with van der Waals surface area (Å²) in [6, 6.07) is 11.3. The highest BCUT2D eigenvalue weighted by molar-refractivity contribution is 7.21. The summed E-state index contributed by atoms with van der Waals surface area (Å²) < 4.78 is 13.4. The van der Waals surface area contributed by atoms with E-state index in [-0.39, 0.29) is 12.4 Å². The lowest BCUT2D eigenvalue weighted by atomic mass is 10.0. The third-order valence-electron chi connectivity index (χ3n) is 3.57. The molecule has 2 aromatic carbocycles. The standard InChI is InChI=1S/C17H17FN2OS/c1-19-14-6-4-12(9-11(14)3-2-8-18)17-20-15-7-5-13(21)10-16(15)22-17/h4-7,9-10,19,21H,2-3,8H2,1H3. The molecule has 0 atom stereocenters. The molecule has 3 nitrogen and oxygen atoms in total. The third-order valence-corrected chi connectivity index (χ3v) is 4.64. The van der Waals surface area contributed by atoms with Gasteiger partial charge >= 0.3 is 0 Å². The lowest BCUT2D eigenvalue weighted by molar-refractivity contribution is 0.473. The molecule has 22 heavy (non-hydrogen) atoms. The van der Waals surface area contributed by atoms with Crippen LogP contribution in [-0.4, -0.2) is 23.8 Å². The lowest BCUT2D eigenvalue weighted by Crippen LogP contribution is -1.97. The number of aromatic hydroxyl groups is 1. The largest absolute Gasteiger partial charge is 0.508 e. The van der Waals surface area contributed by atoms with Crippen molar-refractivity contribution in [2.75, 3.05) is 19.0 Å². The number of aromatic nitrogens is 1. The second-order valence-corrected chi connectivity index (χ2v) is 6.12. The zero-order chi connectivity index (χ0) is 15.5. The summed E-state index contributed by atoms with van der Waals surface area (Å²) in [7, 11) is 1.87. The van der Waals surface area contributed by atoms with E-state index in [0.717, 1.165) is 32.0 Å². The van der Waals surface area contributed by atoms with Crippen LogP contribution in [0.3, 0.4) is 0 Å². The molecule has 0 aliphatic rings. The molecule has 2 N–H and O–H groups in total. The van der Waals surface area contributed by atoms with Gasteiger partial charge in [-0.2, -0.15) is 0 Å². The fraction of sp³-hybridized carbons (Fsp3) is 0.235. The van der Waals surface area contributed by atoms with E-state index in [1.54, 1.807) is 23.5 Å². The predicted molar refractivity (Wildman–Crippen MR) is 90.6 cm³/mol. The van der Waals surface area contributed by atoms with Crippen LogP contribution in [0, 0.1) is 0 Å². The van der Waals surface area contributed by atoms with Crippen LogP contribution >= 0.6 is 11.3 Å². The number of hydrogen-bond donors (Lipinski definition) is 2. The van der Waals surface area contributed by atoms with Gasteiger partial charge in [0.2, 0.25) is 0 Å². The number of fused-ring (bicyclic) bond motifs is 1. The summed E-state index contributed by atoms with van der Waals surface area (Å²) in [4.78, 5) is 4.61. The molecule has 0 fully saturated rings. The highest BCUT2D eigenvalue weighted by Gasteiger charge is 2.10.